The van der Waals surface area contributed by atoms with E-state index >= 15 is 0 Å². The van der Waals surface area contributed by atoms with Crippen molar-refractivity contribution in [2.75, 3.05) is 5.32 Å². The number of anilines is 1. The third kappa shape index (κ3) is 2.88. The van der Waals surface area contributed by atoms with Crippen LogP contribution in [0, 0.1) is 0 Å². The van der Waals surface area contributed by atoms with Crippen LogP contribution in [0.3, 0.4) is 0 Å². The molecule has 0 saturated heterocycles. The number of nitrogens with one attached hydrogen (secondary N) is 1. The van der Waals surface area contributed by atoms with Gasteiger partial charge in [0.15, 0.2) is 0 Å². The molecule has 1 aromatic heterocycles. The first-order chi connectivity index (χ1) is 8.85. The second-order valence-electron chi connectivity index (χ2n) is 4.36. The maximum Gasteiger partial charge on any atom is 0.145 e. The minimum atomic E-state index is 0.306. The minimum absolute atomic E-state index is 0.306. The van der Waals surface area contributed by atoms with Crippen LogP contribution in [0.15, 0.2) is 36.5 Å². The summed E-state index contributed by atoms with van der Waals surface area (Å²) in [5.41, 5.74) is 1.30. The van der Waals surface area contributed by atoms with Gasteiger partial charge in [-0.3, -0.25) is 0 Å². The fourth-order valence-corrected chi connectivity index (χ4v) is 2.03. The number of benzene rings is 1. The van der Waals surface area contributed by atoms with Crippen molar-refractivity contribution in [2.45, 2.75) is 39.3 Å². The lowest BCUT2D eigenvalue weighted by Gasteiger charge is -2.18. The second-order valence-corrected chi connectivity index (χ2v) is 4.36. The van der Waals surface area contributed by atoms with Gasteiger partial charge in [0.25, 0.3) is 0 Å². The van der Waals surface area contributed by atoms with Gasteiger partial charge >= 0.3 is 0 Å². The van der Waals surface area contributed by atoms with E-state index in [0.717, 1.165) is 25.2 Å². The maximum absolute atomic E-state index is 4.09. The topological polar surface area (TPSA) is 42.7 Å². The van der Waals surface area contributed by atoms with E-state index in [4.69, 9.17) is 0 Å². The molecule has 0 spiro atoms. The summed E-state index contributed by atoms with van der Waals surface area (Å²) in [7, 11) is 0. The van der Waals surface area contributed by atoms with Gasteiger partial charge < -0.3 is 5.32 Å². The van der Waals surface area contributed by atoms with Gasteiger partial charge in [0.1, 0.15) is 5.82 Å². The van der Waals surface area contributed by atoms with Gasteiger partial charge in [0.05, 0.1) is 12.2 Å². The van der Waals surface area contributed by atoms with E-state index in [2.05, 4.69) is 53.7 Å². The summed E-state index contributed by atoms with van der Waals surface area (Å²) in [6, 6.07) is 10.8. The molecule has 1 heterocycles. The van der Waals surface area contributed by atoms with E-state index in [1.165, 1.54) is 5.56 Å². The molecule has 18 heavy (non-hydrogen) atoms. The van der Waals surface area contributed by atoms with Crippen LogP contribution in [0.1, 0.15) is 38.3 Å². The first-order valence-electron chi connectivity index (χ1n) is 6.55. The van der Waals surface area contributed by atoms with E-state index in [1.54, 1.807) is 6.20 Å². The SMILES string of the molecule is CCCn1nncc1NC(CC)c1ccccc1. The van der Waals surface area contributed by atoms with Crippen LogP contribution in [0.25, 0.3) is 0 Å². The molecule has 0 amide bonds. The zero-order valence-corrected chi connectivity index (χ0v) is 11.0. The third-order valence-electron chi connectivity index (χ3n) is 2.99. The van der Waals surface area contributed by atoms with Crippen molar-refractivity contribution in [3.8, 4) is 0 Å². The molecule has 0 radical (unpaired) electrons. The lowest BCUT2D eigenvalue weighted by molar-refractivity contribution is 0.577. The first kappa shape index (κ1) is 12.6. The Labute approximate surface area is 108 Å². The van der Waals surface area contributed by atoms with E-state index in [9.17, 15) is 0 Å². The molecule has 4 nitrogen and oxygen atoms in total. The normalized spacial score (nSPS) is 12.3. The molecule has 4 heteroatoms. The van der Waals surface area contributed by atoms with Crippen molar-refractivity contribution in [3.63, 3.8) is 0 Å². The summed E-state index contributed by atoms with van der Waals surface area (Å²) in [6.07, 6.45) is 3.88. The molecule has 1 aromatic carbocycles. The maximum atomic E-state index is 4.09. The monoisotopic (exact) mass is 244 g/mol. The molecule has 0 bridgehead atoms. The molecule has 1 N–H and O–H groups in total. The Hall–Kier alpha value is -1.84. The fraction of sp³-hybridized carbons (Fsp3) is 0.429. The summed E-state index contributed by atoms with van der Waals surface area (Å²) in [5.74, 6) is 0.993. The van der Waals surface area contributed by atoms with Crippen LogP contribution in [-0.2, 0) is 6.54 Å². The fourth-order valence-electron chi connectivity index (χ4n) is 2.03. The predicted molar refractivity (Wildman–Crippen MR) is 73.4 cm³/mol. The van der Waals surface area contributed by atoms with Gasteiger partial charge in [-0.25, -0.2) is 4.68 Å². The number of nitrogens with zero attached hydrogens (tertiary/aromatic N) is 3. The van der Waals surface area contributed by atoms with E-state index in [1.807, 2.05) is 10.7 Å². The smallest absolute Gasteiger partial charge is 0.145 e. The van der Waals surface area contributed by atoms with Gasteiger partial charge in [-0.05, 0) is 18.4 Å². The molecule has 0 aliphatic rings. The van der Waals surface area contributed by atoms with Crippen LogP contribution in [0.4, 0.5) is 5.82 Å². The second kappa shape index (κ2) is 6.19. The molecule has 0 saturated carbocycles. The van der Waals surface area contributed by atoms with Crippen LogP contribution in [0.5, 0.6) is 0 Å². The predicted octanol–water partition coefficient (Wildman–Crippen LogP) is 3.25. The quantitative estimate of drug-likeness (QED) is 0.848. The molecule has 96 valence electrons. The van der Waals surface area contributed by atoms with Crippen LogP contribution in [-0.4, -0.2) is 15.0 Å². The van der Waals surface area contributed by atoms with Crippen molar-refractivity contribution in [2.24, 2.45) is 0 Å². The zero-order valence-electron chi connectivity index (χ0n) is 11.0. The van der Waals surface area contributed by atoms with Crippen molar-refractivity contribution in [1.82, 2.24) is 15.0 Å². The third-order valence-corrected chi connectivity index (χ3v) is 2.99. The van der Waals surface area contributed by atoms with Crippen molar-refractivity contribution in [3.05, 3.63) is 42.1 Å². The van der Waals surface area contributed by atoms with E-state index in [0.29, 0.717) is 6.04 Å². The molecule has 2 aromatic rings. The number of aromatic nitrogens is 3. The average molecular weight is 244 g/mol. The van der Waals surface area contributed by atoms with Crippen LogP contribution < -0.4 is 5.32 Å². The number of hydrogen-bond donors (Lipinski definition) is 1. The van der Waals surface area contributed by atoms with Crippen molar-refractivity contribution < 1.29 is 0 Å². The van der Waals surface area contributed by atoms with Crippen molar-refractivity contribution >= 4 is 5.82 Å². The number of aryl methyl sites for hydroxylation is 1. The molecule has 0 aliphatic carbocycles. The highest BCUT2D eigenvalue weighted by Gasteiger charge is 2.11. The van der Waals surface area contributed by atoms with Gasteiger partial charge in [-0.2, -0.15) is 0 Å². The van der Waals surface area contributed by atoms with Crippen LogP contribution in [0.2, 0.25) is 0 Å². The Bertz CT molecular complexity index is 464. The largest absolute Gasteiger partial charge is 0.362 e. The first-order valence-corrected chi connectivity index (χ1v) is 6.55. The van der Waals surface area contributed by atoms with Crippen molar-refractivity contribution in [1.29, 1.82) is 0 Å². The number of hydrogen-bond acceptors (Lipinski definition) is 3. The molecular weight excluding hydrogens is 224 g/mol. The van der Waals surface area contributed by atoms with Gasteiger partial charge in [0.2, 0.25) is 0 Å². The zero-order chi connectivity index (χ0) is 12.8. The number of rotatable bonds is 6. The van der Waals surface area contributed by atoms with Gasteiger partial charge in [-0.15, -0.1) is 5.10 Å². The van der Waals surface area contributed by atoms with Crippen LogP contribution >= 0.6 is 0 Å². The lowest BCUT2D eigenvalue weighted by Crippen LogP contribution is -2.13. The highest BCUT2D eigenvalue weighted by atomic mass is 15.5. The Kier molecular flexibility index (Phi) is 4.34. The lowest BCUT2D eigenvalue weighted by atomic mass is 10.1. The molecule has 2 rings (SSSR count). The van der Waals surface area contributed by atoms with E-state index in [-0.39, 0.29) is 0 Å². The summed E-state index contributed by atoms with van der Waals surface area (Å²) in [6.45, 7) is 5.21. The highest BCUT2D eigenvalue weighted by molar-refractivity contribution is 5.36. The van der Waals surface area contributed by atoms with E-state index < -0.39 is 0 Å². The summed E-state index contributed by atoms with van der Waals surface area (Å²) < 4.78 is 1.92. The Balaban J connectivity index is 2.13. The Morgan fingerprint density at radius 3 is 2.67 bits per heavy atom. The molecule has 1 unspecified atom stereocenters. The Morgan fingerprint density at radius 1 is 1.22 bits per heavy atom. The minimum Gasteiger partial charge on any atom is -0.362 e. The highest BCUT2D eigenvalue weighted by Crippen LogP contribution is 2.21. The summed E-state index contributed by atoms with van der Waals surface area (Å²) >= 11 is 0. The average Bonchev–Trinajstić information content (AvgIpc) is 2.85. The summed E-state index contributed by atoms with van der Waals surface area (Å²) in [5, 5.41) is 11.6. The molecule has 0 fully saturated rings. The van der Waals surface area contributed by atoms with Gasteiger partial charge in [-0.1, -0.05) is 49.4 Å². The molecule has 1 atom stereocenters. The van der Waals surface area contributed by atoms with Gasteiger partial charge in [0, 0.05) is 6.54 Å². The molecular formula is C14H20N4. The summed E-state index contributed by atoms with van der Waals surface area (Å²) in [4.78, 5) is 0. The Morgan fingerprint density at radius 2 is 2.00 bits per heavy atom. The molecule has 0 aliphatic heterocycles. The standard InChI is InChI=1S/C14H20N4/c1-3-10-18-14(11-15-17-18)16-13(4-2)12-8-6-5-7-9-12/h5-9,11,13,16H,3-4,10H2,1-2H3.